The van der Waals surface area contributed by atoms with Gasteiger partial charge in [-0.15, -0.1) is 0 Å². The van der Waals surface area contributed by atoms with Gasteiger partial charge in [-0.25, -0.2) is 0 Å². The Morgan fingerprint density at radius 1 is 1.15 bits per heavy atom. The number of hydrogen-bond acceptors (Lipinski definition) is 2. The lowest BCUT2D eigenvalue weighted by Gasteiger charge is -2.31. The van der Waals surface area contributed by atoms with Crippen molar-refractivity contribution in [3.05, 3.63) is 34.9 Å². The maximum absolute atomic E-state index is 5.09. The molecule has 2 heteroatoms. The number of methoxy groups -OCH3 is 1. The van der Waals surface area contributed by atoms with Crippen LogP contribution in [0, 0.1) is 25.2 Å². The van der Waals surface area contributed by atoms with E-state index in [1.54, 1.807) is 7.11 Å². The van der Waals surface area contributed by atoms with E-state index in [9.17, 15) is 0 Å². The second-order valence-electron chi connectivity index (χ2n) is 6.88. The fraction of sp³-hybridized carbons (Fsp3) is 0.667. The predicted molar refractivity (Wildman–Crippen MR) is 87.3 cm³/mol. The van der Waals surface area contributed by atoms with E-state index in [0.717, 1.165) is 26.1 Å². The second kappa shape index (κ2) is 7.80. The van der Waals surface area contributed by atoms with Gasteiger partial charge in [-0.2, -0.15) is 0 Å². The van der Waals surface area contributed by atoms with Gasteiger partial charge < -0.3 is 10.1 Å². The standard InChI is InChI=1S/C18H31NO/c1-14-7-8-16(11-15(14)2)12-17(18(3,4)5)13-19-9-10-20-6/h7-8,11,17,19H,9-10,12-13H2,1-6H3. The molecule has 114 valence electrons. The molecule has 0 radical (unpaired) electrons. The molecule has 0 aliphatic heterocycles. The zero-order chi connectivity index (χ0) is 15.2. The average molecular weight is 277 g/mol. The van der Waals surface area contributed by atoms with E-state index in [4.69, 9.17) is 4.74 Å². The first kappa shape index (κ1) is 17.2. The first-order valence-corrected chi connectivity index (χ1v) is 7.60. The Bertz CT molecular complexity index is 406. The lowest BCUT2D eigenvalue weighted by molar-refractivity contribution is 0.186. The number of benzene rings is 1. The molecule has 0 saturated heterocycles. The zero-order valence-corrected chi connectivity index (χ0v) is 14.0. The quantitative estimate of drug-likeness (QED) is 0.767. The van der Waals surface area contributed by atoms with Crippen LogP contribution in [-0.2, 0) is 11.2 Å². The smallest absolute Gasteiger partial charge is 0.0587 e. The molecule has 0 bridgehead atoms. The molecule has 0 heterocycles. The fourth-order valence-corrected chi connectivity index (χ4v) is 2.35. The van der Waals surface area contributed by atoms with Crippen LogP contribution in [0.2, 0.25) is 0 Å². The Kier molecular flexibility index (Phi) is 6.70. The van der Waals surface area contributed by atoms with Crippen molar-refractivity contribution >= 4 is 0 Å². The molecule has 0 aliphatic carbocycles. The van der Waals surface area contributed by atoms with Gasteiger partial charge in [0, 0.05) is 13.7 Å². The Morgan fingerprint density at radius 2 is 1.85 bits per heavy atom. The first-order chi connectivity index (χ1) is 9.34. The van der Waals surface area contributed by atoms with Crippen LogP contribution in [0.4, 0.5) is 0 Å². The maximum Gasteiger partial charge on any atom is 0.0587 e. The summed E-state index contributed by atoms with van der Waals surface area (Å²) in [7, 11) is 1.75. The molecule has 1 aromatic carbocycles. The molecule has 1 atom stereocenters. The molecule has 1 aromatic rings. The topological polar surface area (TPSA) is 21.3 Å². The Morgan fingerprint density at radius 3 is 2.40 bits per heavy atom. The number of ether oxygens (including phenoxy) is 1. The SMILES string of the molecule is COCCNCC(Cc1ccc(C)c(C)c1)C(C)(C)C. The van der Waals surface area contributed by atoms with Crippen molar-refractivity contribution in [3.63, 3.8) is 0 Å². The van der Waals surface area contributed by atoms with Crippen molar-refractivity contribution in [2.45, 2.75) is 41.0 Å². The third-order valence-electron chi connectivity index (χ3n) is 4.15. The second-order valence-corrected chi connectivity index (χ2v) is 6.88. The molecule has 0 fully saturated rings. The van der Waals surface area contributed by atoms with E-state index in [1.165, 1.54) is 16.7 Å². The van der Waals surface area contributed by atoms with Crippen LogP contribution in [0.1, 0.15) is 37.5 Å². The summed E-state index contributed by atoms with van der Waals surface area (Å²) < 4.78 is 5.09. The molecular formula is C18H31NO. The summed E-state index contributed by atoms with van der Waals surface area (Å²) in [6.45, 7) is 14.1. The lowest BCUT2D eigenvalue weighted by atomic mass is 9.77. The highest BCUT2D eigenvalue weighted by atomic mass is 16.5. The van der Waals surface area contributed by atoms with Crippen LogP contribution >= 0.6 is 0 Å². The first-order valence-electron chi connectivity index (χ1n) is 7.60. The molecule has 0 saturated carbocycles. The summed E-state index contributed by atoms with van der Waals surface area (Å²) in [5, 5.41) is 3.51. The zero-order valence-electron chi connectivity index (χ0n) is 14.0. The van der Waals surface area contributed by atoms with Crippen LogP contribution in [0.3, 0.4) is 0 Å². The van der Waals surface area contributed by atoms with E-state index >= 15 is 0 Å². The minimum atomic E-state index is 0.304. The minimum absolute atomic E-state index is 0.304. The van der Waals surface area contributed by atoms with E-state index in [0.29, 0.717) is 11.3 Å². The average Bonchev–Trinajstić information content (AvgIpc) is 2.36. The number of rotatable bonds is 7. The predicted octanol–water partition coefficient (Wildman–Crippen LogP) is 3.74. The van der Waals surface area contributed by atoms with Crippen LogP contribution in [-0.4, -0.2) is 26.8 Å². The highest BCUT2D eigenvalue weighted by molar-refractivity contribution is 5.30. The Labute approximate surface area is 124 Å². The van der Waals surface area contributed by atoms with Gasteiger partial charge in [0.2, 0.25) is 0 Å². The molecule has 20 heavy (non-hydrogen) atoms. The van der Waals surface area contributed by atoms with Gasteiger partial charge in [-0.3, -0.25) is 0 Å². The van der Waals surface area contributed by atoms with Gasteiger partial charge in [0.05, 0.1) is 6.61 Å². The van der Waals surface area contributed by atoms with Crippen LogP contribution in [0.15, 0.2) is 18.2 Å². The Balaban J connectivity index is 2.66. The molecule has 1 rings (SSSR count). The summed E-state index contributed by atoms with van der Waals surface area (Å²) in [6.07, 6.45) is 1.13. The molecule has 1 N–H and O–H groups in total. The fourth-order valence-electron chi connectivity index (χ4n) is 2.35. The summed E-state index contributed by atoms with van der Waals surface area (Å²) >= 11 is 0. The largest absolute Gasteiger partial charge is 0.383 e. The van der Waals surface area contributed by atoms with E-state index in [2.05, 4.69) is 58.1 Å². The summed E-state index contributed by atoms with van der Waals surface area (Å²) in [6, 6.07) is 6.85. The van der Waals surface area contributed by atoms with Crippen molar-refractivity contribution in [3.8, 4) is 0 Å². The molecule has 1 unspecified atom stereocenters. The van der Waals surface area contributed by atoms with Crippen molar-refractivity contribution in [1.82, 2.24) is 5.32 Å². The van der Waals surface area contributed by atoms with Gasteiger partial charge in [0.15, 0.2) is 0 Å². The molecule has 2 nitrogen and oxygen atoms in total. The molecule has 0 aromatic heterocycles. The number of nitrogens with one attached hydrogen (secondary N) is 1. The van der Waals surface area contributed by atoms with Gasteiger partial charge in [-0.05, 0) is 54.8 Å². The van der Waals surface area contributed by atoms with E-state index in [-0.39, 0.29) is 0 Å². The lowest BCUT2D eigenvalue weighted by Crippen LogP contribution is -2.34. The van der Waals surface area contributed by atoms with Gasteiger partial charge in [0.25, 0.3) is 0 Å². The molecule has 0 aliphatic rings. The van der Waals surface area contributed by atoms with Crippen LogP contribution < -0.4 is 5.32 Å². The third kappa shape index (κ3) is 5.64. The molecule has 0 amide bonds. The van der Waals surface area contributed by atoms with Crippen LogP contribution in [0.25, 0.3) is 0 Å². The number of hydrogen-bond donors (Lipinski definition) is 1. The highest BCUT2D eigenvalue weighted by Crippen LogP contribution is 2.29. The van der Waals surface area contributed by atoms with Crippen molar-refractivity contribution in [2.75, 3.05) is 26.8 Å². The summed E-state index contributed by atoms with van der Waals surface area (Å²) in [5.41, 5.74) is 4.52. The maximum atomic E-state index is 5.09. The van der Waals surface area contributed by atoms with E-state index in [1.807, 2.05) is 0 Å². The highest BCUT2D eigenvalue weighted by Gasteiger charge is 2.24. The molecular weight excluding hydrogens is 246 g/mol. The Hall–Kier alpha value is -0.860. The van der Waals surface area contributed by atoms with Crippen molar-refractivity contribution < 1.29 is 4.74 Å². The normalized spacial score (nSPS) is 13.5. The molecule has 0 spiro atoms. The third-order valence-corrected chi connectivity index (χ3v) is 4.15. The van der Waals surface area contributed by atoms with Gasteiger partial charge in [0.1, 0.15) is 0 Å². The van der Waals surface area contributed by atoms with Gasteiger partial charge in [-0.1, -0.05) is 39.0 Å². The van der Waals surface area contributed by atoms with Gasteiger partial charge >= 0.3 is 0 Å². The monoisotopic (exact) mass is 277 g/mol. The number of aryl methyl sites for hydroxylation is 2. The van der Waals surface area contributed by atoms with Crippen molar-refractivity contribution in [2.24, 2.45) is 11.3 Å². The summed E-state index contributed by atoms with van der Waals surface area (Å²) in [4.78, 5) is 0. The van der Waals surface area contributed by atoms with E-state index < -0.39 is 0 Å². The van der Waals surface area contributed by atoms with Crippen LogP contribution in [0.5, 0.6) is 0 Å². The van der Waals surface area contributed by atoms with Crippen molar-refractivity contribution in [1.29, 1.82) is 0 Å². The minimum Gasteiger partial charge on any atom is -0.383 e. The summed E-state index contributed by atoms with van der Waals surface area (Å²) in [5.74, 6) is 0.626.